The van der Waals surface area contributed by atoms with Crippen LogP contribution in [0.4, 0.5) is 9.59 Å². The zero-order chi connectivity index (χ0) is 32.3. The molecule has 1 saturated heterocycles. The highest BCUT2D eigenvalue weighted by molar-refractivity contribution is 5.99. The molecule has 2 heterocycles. The van der Waals surface area contributed by atoms with Crippen molar-refractivity contribution in [2.45, 2.75) is 32.5 Å². The lowest BCUT2D eigenvalue weighted by Gasteiger charge is -2.34. The fourth-order valence-electron chi connectivity index (χ4n) is 4.82. The Morgan fingerprint density at radius 2 is 1.51 bits per heavy atom. The lowest BCUT2D eigenvalue weighted by atomic mass is 10.00. The van der Waals surface area contributed by atoms with Gasteiger partial charge in [0.1, 0.15) is 19.2 Å². The Morgan fingerprint density at radius 1 is 0.867 bits per heavy atom. The van der Waals surface area contributed by atoms with Crippen molar-refractivity contribution < 1.29 is 33.5 Å². The molecule has 2 aliphatic rings. The third kappa shape index (κ3) is 9.29. The summed E-state index contributed by atoms with van der Waals surface area (Å²) in [5.41, 5.74) is 10.6. The highest BCUT2D eigenvalue weighted by Gasteiger charge is 2.28. The van der Waals surface area contributed by atoms with Gasteiger partial charge in [0.05, 0.1) is 0 Å². The summed E-state index contributed by atoms with van der Waals surface area (Å²) >= 11 is 0. The second-order valence-electron chi connectivity index (χ2n) is 10.7. The summed E-state index contributed by atoms with van der Waals surface area (Å²) in [6.45, 7) is 2.72. The first-order valence-electron chi connectivity index (χ1n) is 14.6. The molecule has 0 aromatic heterocycles. The molecule has 14 nitrogen and oxygen atoms in total. The summed E-state index contributed by atoms with van der Waals surface area (Å²) < 4.78 is 5.34. The van der Waals surface area contributed by atoms with Gasteiger partial charge in [-0.05, 0) is 30.0 Å². The van der Waals surface area contributed by atoms with E-state index in [0.29, 0.717) is 24.5 Å². The van der Waals surface area contributed by atoms with E-state index in [9.17, 15) is 28.8 Å². The first-order valence-corrected chi connectivity index (χ1v) is 14.6. The number of carbonyl (C=O) groups excluding carboxylic acids is 6. The van der Waals surface area contributed by atoms with Gasteiger partial charge < -0.3 is 30.5 Å². The van der Waals surface area contributed by atoms with Crippen LogP contribution in [-0.2, 0) is 43.5 Å². The van der Waals surface area contributed by atoms with Crippen LogP contribution in [0.3, 0.4) is 0 Å². The van der Waals surface area contributed by atoms with E-state index in [1.807, 2.05) is 54.6 Å². The van der Waals surface area contributed by atoms with Gasteiger partial charge in [-0.2, -0.15) is 0 Å². The number of nitrogens with two attached hydrogens (primary N) is 1. The van der Waals surface area contributed by atoms with E-state index in [1.165, 1.54) is 22.3 Å². The Bertz CT molecular complexity index is 1440. The van der Waals surface area contributed by atoms with E-state index < -0.39 is 48.3 Å². The molecule has 0 radical (unpaired) electrons. The van der Waals surface area contributed by atoms with Crippen LogP contribution in [0.25, 0.3) is 0 Å². The fourth-order valence-corrected chi connectivity index (χ4v) is 4.82. The number of ether oxygens (including phenoxy) is 1. The van der Waals surface area contributed by atoms with Crippen molar-refractivity contribution in [2.24, 2.45) is 5.73 Å². The molecule has 2 aromatic carbocycles. The molecule has 1 atom stereocenters. The number of nitrogens with zero attached hydrogens (tertiary/aromatic N) is 4. The molecule has 0 bridgehead atoms. The molecule has 0 unspecified atom stereocenters. The number of amides is 7. The quantitative estimate of drug-likeness (QED) is 0.285. The lowest BCUT2D eigenvalue weighted by molar-refractivity contribution is -0.141. The summed E-state index contributed by atoms with van der Waals surface area (Å²) in [7, 11) is 0. The number of carbonyl (C=O) groups is 6. The Morgan fingerprint density at radius 3 is 2.20 bits per heavy atom. The standard InChI is InChI=1S/C31H37N7O7/c1-22(33-30(43)35-15-17-36(18-16-35)31(44)45-21-23-7-3-2-4-8-23)29(42)34-38(20-26(32)39)28(41)12-11-27(40)37-14-13-24-9-5-6-10-25(24)19-37/h2-12,22H,13-21H2,1H3,(H2,32,39)(H,33,43)(H,34,42)/b12-11+/t22-/m0/s1. The number of fused-ring (bicyclic) bond motifs is 1. The van der Waals surface area contributed by atoms with Gasteiger partial charge >= 0.3 is 12.1 Å². The minimum absolute atomic E-state index is 0.141. The van der Waals surface area contributed by atoms with Crippen LogP contribution in [0.1, 0.15) is 23.6 Å². The summed E-state index contributed by atoms with van der Waals surface area (Å²) in [5.74, 6) is -2.92. The summed E-state index contributed by atoms with van der Waals surface area (Å²) in [6.07, 6.45) is 2.25. The van der Waals surface area contributed by atoms with Crippen molar-refractivity contribution in [1.29, 1.82) is 0 Å². The molecule has 0 saturated carbocycles. The topological polar surface area (TPSA) is 175 Å². The molecule has 4 N–H and O–H groups in total. The maximum Gasteiger partial charge on any atom is 0.410 e. The van der Waals surface area contributed by atoms with Gasteiger partial charge in [0.15, 0.2) is 0 Å². The largest absolute Gasteiger partial charge is 0.445 e. The number of urea groups is 1. The van der Waals surface area contributed by atoms with Crippen molar-refractivity contribution in [1.82, 2.24) is 30.5 Å². The van der Waals surface area contributed by atoms with E-state index in [4.69, 9.17) is 10.5 Å². The van der Waals surface area contributed by atoms with Crippen LogP contribution in [0, 0.1) is 0 Å². The summed E-state index contributed by atoms with van der Waals surface area (Å²) in [5, 5.41) is 3.23. The molecule has 7 amide bonds. The van der Waals surface area contributed by atoms with E-state index in [1.54, 1.807) is 4.90 Å². The molecule has 2 aromatic rings. The number of benzene rings is 2. The average Bonchev–Trinajstić information content (AvgIpc) is 3.05. The van der Waals surface area contributed by atoms with Gasteiger partial charge in [0.25, 0.3) is 11.8 Å². The molecule has 2 aliphatic heterocycles. The van der Waals surface area contributed by atoms with Gasteiger partial charge in [0.2, 0.25) is 11.8 Å². The van der Waals surface area contributed by atoms with Crippen molar-refractivity contribution in [3.8, 4) is 0 Å². The highest BCUT2D eigenvalue weighted by atomic mass is 16.6. The van der Waals surface area contributed by atoms with Crippen molar-refractivity contribution in [3.63, 3.8) is 0 Å². The van der Waals surface area contributed by atoms with Crippen LogP contribution in [-0.4, -0.2) is 101 Å². The van der Waals surface area contributed by atoms with E-state index in [-0.39, 0.29) is 32.8 Å². The monoisotopic (exact) mass is 619 g/mol. The third-order valence-corrected chi connectivity index (χ3v) is 7.40. The number of hydrogen-bond acceptors (Lipinski definition) is 7. The number of nitrogens with one attached hydrogen (secondary N) is 2. The van der Waals surface area contributed by atoms with Gasteiger partial charge in [-0.3, -0.25) is 24.6 Å². The Hall–Kier alpha value is -5.40. The summed E-state index contributed by atoms with van der Waals surface area (Å²) in [6, 6.07) is 15.4. The second kappa shape index (κ2) is 15.4. The van der Waals surface area contributed by atoms with Crippen LogP contribution >= 0.6 is 0 Å². The molecule has 238 valence electrons. The molecule has 4 rings (SSSR count). The smallest absolute Gasteiger partial charge is 0.410 e. The second-order valence-corrected chi connectivity index (χ2v) is 10.7. The van der Waals surface area contributed by atoms with Crippen LogP contribution < -0.4 is 16.5 Å². The normalized spacial score (nSPS) is 15.1. The Labute approximate surface area is 260 Å². The number of hydrogen-bond donors (Lipinski definition) is 3. The number of primary amides is 1. The maximum atomic E-state index is 12.8. The molecule has 1 fully saturated rings. The molecule has 0 aliphatic carbocycles. The Balaban J connectivity index is 1.23. The van der Waals surface area contributed by atoms with Gasteiger partial charge in [0, 0.05) is 51.4 Å². The van der Waals surface area contributed by atoms with Crippen LogP contribution in [0.2, 0.25) is 0 Å². The first-order chi connectivity index (χ1) is 21.6. The Kier molecular flexibility index (Phi) is 11.1. The predicted octanol–water partition coefficient (Wildman–Crippen LogP) is 0.525. The minimum Gasteiger partial charge on any atom is -0.445 e. The zero-order valence-corrected chi connectivity index (χ0v) is 25.0. The number of piperazine rings is 1. The third-order valence-electron chi connectivity index (χ3n) is 7.40. The maximum absolute atomic E-state index is 12.8. The van der Waals surface area contributed by atoms with Gasteiger partial charge in [-0.15, -0.1) is 0 Å². The number of hydrazine groups is 1. The SMILES string of the molecule is C[C@H](NC(=O)N1CCN(C(=O)OCc2ccccc2)CC1)C(=O)NN(CC(N)=O)C(=O)/C=C/C(=O)N1CCc2ccccc2C1. The van der Waals surface area contributed by atoms with E-state index in [0.717, 1.165) is 23.3 Å². The average molecular weight is 620 g/mol. The van der Waals surface area contributed by atoms with E-state index in [2.05, 4.69) is 10.7 Å². The van der Waals surface area contributed by atoms with Crippen molar-refractivity contribution in [3.05, 3.63) is 83.4 Å². The van der Waals surface area contributed by atoms with Crippen LogP contribution in [0.5, 0.6) is 0 Å². The van der Waals surface area contributed by atoms with Gasteiger partial charge in [-0.25, -0.2) is 14.6 Å². The predicted molar refractivity (Wildman–Crippen MR) is 162 cm³/mol. The molecule has 14 heteroatoms. The molecule has 45 heavy (non-hydrogen) atoms. The lowest BCUT2D eigenvalue weighted by Crippen LogP contribution is -2.58. The van der Waals surface area contributed by atoms with Crippen molar-refractivity contribution >= 4 is 35.8 Å². The fraction of sp³-hybridized carbons (Fsp3) is 0.355. The minimum atomic E-state index is -1.10. The van der Waals surface area contributed by atoms with Crippen LogP contribution in [0.15, 0.2) is 66.7 Å². The van der Waals surface area contributed by atoms with Crippen molar-refractivity contribution in [2.75, 3.05) is 39.3 Å². The summed E-state index contributed by atoms with van der Waals surface area (Å²) in [4.78, 5) is 79.7. The molecule has 0 spiro atoms. The number of rotatable bonds is 8. The first kappa shape index (κ1) is 32.5. The van der Waals surface area contributed by atoms with Gasteiger partial charge in [-0.1, -0.05) is 54.6 Å². The van der Waals surface area contributed by atoms with E-state index >= 15 is 0 Å². The highest BCUT2D eigenvalue weighted by Crippen LogP contribution is 2.18. The molecular weight excluding hydrogens is 582 g/mol. The molecular formula is C31H37N7O7. The zero-order valence-electron chi connectivity index (χ0n) is 25.0.